The van der Waals surface area contributed by atoms with Gasteiger partial charge in [0.1, 0.15) is 5.82 Å². The summed E-state index contributed by atoms with van der Waals surface area (Å²) >= 11 is 0. The maximum Gasteiger partial charge on any atom is 0.330 e. The van der Waals surface area contributed by atoms with E-state index in [1.165, 1.54) is 9.47 Å². The second-order valence-corrected chi connectivity index (χ2v) is 9.11. The highest BCUT2D eigenvalue weighted by Crippen LogP contribution is 2.20. The van der Waals surface area contributed by atoms with Gasteiger partial charge in [-0.25, -0.2) is 4.79 Å². The van der Waals surface area contributed by atoms with Gasteiger partial charge in [0, 0.05) is 25.1 Å². The Morgan fingerprint density at radius 1 is 1.06 bits per heavy atom. The van der Waals surface area contributed by atoms with Crippen LogP contribution in [0.5, 0.6) is 0 Å². The Kier molecular flexibility index (Phi) is 8.83. The quantitative estimate of drug-likeness (QED) is 0.401. The first kappa shape index (κ1) is 26.5. The number of nitrogen functional groups attached to an aromatic ring is 1. The van der Waals surface area contributed by atoms with Gasteiger partial charge < -0.3 is 16.0 Å². The van der Waals surface area contributed by atoms with Crippen LogP contribution in [0, 0.1) is 12.8 Å². The van der Waals surface area contributed by atoms with Crippen molar-refractivity contribution in [2.24, 2.45) is 5.92 Å². The van der Waals surface area contributed by atoms with Crippen LogP contribution in [0.2, 0.25) is 0 Å². The number of aromatic nitrogens is 2. The van der Waals surface area contributed by atoms with Gasteiger partial charge in [-0.05, 0) is 36.5 Å². The Bertz CT molecular complexity index is 1330. The number of rotatable bonds is 10. The lowest BCUT2D eigenvalue weighted by Crippen LogP contribution is -2.43. The number of aryl methyl sites for hydroxylation is 1. The molecule has 9 nitrogen and oxygen atoms in total. The number of carbonyl (C=O) groups is 2. The SMILES string of the molecule is Cc1ccccc1C(=O)NCCC(=O)N(CCC(C)C)c1c(N)n(Cc2ccccc2)c(=O)[nH]c1=O. The number of benzene rings is 2. The van der Waals surface area contributed by atoms with E-state index in [-0.39, 0.29) is 55.3 Å². The normalized spacial score (nSPS) is 10.9. The standard InChI is InChI=1S/C27H33N5O4/c1-18(2)14-16-31(22(33)13-15-29-25(34)21-12-8-7-9-19(21)3)23-24(28)32(27(36)30-26(23)35)17-20-10-5-4-6-11-20/h4-12,18H,13-17,28H2,1-3H3,(H,29,34)(H,30,35,36). The van der Waals surface area contributed by atoms with Gasteiger partial charge in [-0.2, -0.15) is 0 Å². The molecule has 2 aromatic carbocycles. The Morgan fingerprint density at radius 3 is 2.39 bits per heavy atom. The third-order valence-corrected chi connectivity index (χ3v) is 5.91. The smallest absolute Gasteiger partial charge is 0.330 e. The van der Waals surface area contributed by atoms with Crippen molar-refractivity contribution in [3.05, 3.63) is 92.1 Å². The van der Waals surface area contributed by atoms with E-state index in [9.17, 15) is 19.2 Å². The van der Waals surface area contributed by atoms with E-state index in [2.05, 4.69) is 10.3 Å². The fourth-order valence-electron chi connectivity index (χ4n) is 3.85. The summed E-state index contributed by atoms with van der Waals surface area (Å²) in [6.07, 6.45) is 0.588. The van der Waals surface area contributed by atoms with Gasteiger partial charge in [0.05, 0.1) is 6.54 Å². The predicted molar refractivity (Wildman–Crippen MR) is 141 cm³/mol. The van der Waals surface area contributed by atoms with Gasteiger partial charge >= 0.3 is 5.69 Å². The third-order valence-electron chi connectivity index (χ3n) is 5.91. The number of hydrogen-bond acceptors (Lipinski definition) is 5. The largest absolute Gasteiger partial charge is 0.383 e. The Labute approximate surface area is 210 Å². The van der Waals surface area contributed by atoms with E-state index in [4.69, 9.17) is 5.73 Å². The molecule has 0 radical (unpaired) electrons. The number of anilines is 2. The minimum atomic E-state index is -0.720. The first-order valence-electron chi connectivity index (χ1n) is 12.0. The fourth-order valence-corrected chi connectivity index (χ4v) is 3.85. The molecule has 0 atom stereocenters. The van der Waals surface area contributed by atoms with Crippen LogP contribution < -0.4 is 27.2 Å². The summed E-state index contributed by atoms with van der Waals surface area (Å²) in [4.78, 5) is 54.8. The molecular formula is C27H33N5O4. The van der Waals surface area contributed by atoms with Crippen molar-refractivity contribution < 1.29 is 9.59 Å². The molecule has 9 heteroatoms. The lowest BCUT2D eigenvalue weighted by Gasteiger charge is -2.25. The summed E-state index contributed by atoms with van der Waals surface area (Å²) in [5.41, 5.74) is 7.10. The van der Waals surface area contributed by atoms with Crippen molar-refractivity contribution >= 4 is 23.3 Å². The minimum Gasteiger partial charge on any atom is -0.383 e. The lowest BCUT2D eigenvalue weighted by atomic mass is 10.1. The molecule has 0 spiro atoms. The van der Waals surface area contributed by atoms with Crippen molar-refractivity contribution in [3.63, 3.8) is 0 Å². The van der Waals surface area contributed by atoms with Gasteiger partial charge in [-0.1, -0.05) is 62.4 Å². The molecule has 36 heavy (non-hydrogen) atoms. The fraction of sp³-hybridized carbons (Fsp3) is 0.333. The van der Waals surface area contributed by atoms with E-state index in [0.717, 1.165) is 11.1 Å². The van der Waals surface area contributed by atoms with E-state index in [1.807, 2.05) is 63.2 Å². The molecule has 0 bridgehead atoms. The average molecular weight is 492 g/mol. The molecule has 1 aromatic heterocycles. The molecule has 0 aliphatic heterocycles. The first-order chi connectivity index (χ1) is 17.2. The number of nitrogens with two attached hydrogens (primary N) is 1. The molecule has 0 saturated heterocycles. The van der Waals surface area contributed by atoms with E-state index < -0.39 is 11.2 Å². The number of H-pyrrole nitrogens is 1. The van der Waals surface area contributed by atoms with Crippen molar-refractivity contribution in [2.75, 3.05) is 23.7 Å². The van der Waals surface area contributed by atoms with Crippen LogP contribution in [-0.2, 0) is 11.3 Å². The van der Waals surface area contributed by atoms with Crippen LogP contribution >= 0.6 is 0 Å². The second-order valence-electron chi connectivity index (χ2n) is 9.11. The summed E-state index contributed by atoms with van der Waals surface area (Å²) in [7, 11) is 0. The minimum absolute atomic E-state index is 0.0353. The first-order valence-corrected chi connectivity index (χ1v) is 12.0. The summed E-state index contributed by atoms with van der Waals surface area (Å²) in [6.45, 7) is 6.34. The zero-order valence-electron chi connectivity index (χ0n) is 20.9. The van der Waals surface area contributed by atoms with Crippen LogP contribution in [0.4, 0.5) is 11.5 Å². The molecular weight excluding hydrogens is 458 g/mol. The molecule has 0 aliphatic rings. The van der Waals surface area contributed by atoms with Gasteiger partial charge in [0.25, 0.3) is 11.5 Å². The van der Waals surface area contributed by atoms with Gasteiger partial charge in [-0.15, -0.1) is 0 Å². The van der Waals surface area contributed by atoms with Crippen LogP contribution in [0.1, 0.15) is 48.2 Å². The van der Waals surface area contributed by atoms with E-state index in [0.29, 0.717) is 12.0 Å². The second kappa shape index (κ2) is 12.0. The monoisotopic (exact) mass is 491 g/mol. The lowest BCUT2D eigenvalue weighted by molar-refractivity contribution is -0.118. The van der Waals surface area contributed by atoms with Crippen LogP contribution in [0.25, 0.3) is 0 Å². The van der Waals surface area contributed by atoms with Crippen molar-refractivity contribution in [1.29, 1.82) is 0 Å². The average Bonchev–Trinajstić information content (AvgIpc) is 2.84. The number of aromatic amines is 1. The van der Waals surface area contributed by atoms with Gasteiger partial charge in [0.15, 0.2) is 5.69 Å². The highest BCUT2D eigenvalue weighted by molar-refractivity contribution is 5.97. The van der Waals surface area contributed by atoms with Crippen LogP contribution in [0.3, 0.4) is 0 Å². The van der Waals surface area contributed by atoms with Gasteiger partial charge in [-0.3, -0.25) is 23.9 Å². The topological polar surface area (TPSA) is 130 Å². The molecule has 0 aliphatic carbocycles. The maximum atomic E-state index is 13.3. The van der Waals surface area contributed by atoms with Crippen LogP contribution in [0.15, 0.2) is 64.2 Å². The zero-order valence-corrected chi connectivity index (χ0v) is 20.9. The van der Waals surface area contributed by atoms with Crippen molar-refractivity contribution in [2.45, 2.75) is 40.2 Å². The van der Waals surface area contributed by atoms with Gasteiger partial charge in [0.2, 0.25) is 5.91 Å². The Hall–Kier alpha value is -4.14. The maximum absolute atomic E-state index is 13.3. The number of nitrogens with one attached hydrogen (secondary N) is 2. The molecule has 190 valence electrons. The number of nitrogens with zero attached hydrogens (tertiary/aromatic N) is 2. The molecule has 3 rings (SSSR count). The molecule has 0 fully saturated rings. The summed E-state index contributed by atoms with van der Waals surface area (Å²) in [5.74, 6) is -0.462. The third kappa shape index (κ3) is 6.50. The Morgan fingerprint density at radius 2 is 1.72 bits per heavy atom. The number of hydrogen-bond donors (Lipinski definition) is 3. The molecule has 1 heterocycles. The molecule has 4 N–H and O–H groups in total. The molecule has 2 amide bonds. The van der Waals surface area contributed by atoms with Crippen LogP contribution in [-0.4, -0.2) is 34.5 Å². The van der Waals surface area contributed by atoms with Crippen molar-refractivity contribution in [1.82, 2.24) is 14.9 Å². The summed E-state index contributed by atoms with van der Waals surface area (Å²) in [6, 6.07) is 16.4. The molecule has 0 unspecified atom stereocenters. The zero-order chi connectivity index (χ0) is 26.2. The number of carbonyl (C=O) groups excluding carboxylic acids is 2. The van der Waals surface area contributed by atoms with Crippen molar-refractivity contribution in [3.8, 4) is 0 Å². The van der Waals surface area contributed by atoms with E-state index >= 15 is 0 Å². The molecule has 0 saturated carbocycles. The summed E-state index contributed by atoms with van der Waals surface area (Å²) < 4.78 is 1.25. The summed E-state index contributed by atoms with van der Waals surface area (Å²) in [5, 5.41) is 2.77. The molecule has 3 aromatic rings. The highest BCUT2D eigenvalue weighted by atomic mass is 16.2. The Balaban J connectivity index is 1.85. The highest BCUT2D eigenvalue weighted by Gasteiger charge is 2.24. The number of amides is 2. The van der Waals surface area contributed by atoms with E-state index in [1.54, 1.807) is 12.1 Å². The predicted octanol–water partition coefficient (Wildman–Crippen LogP) is 2.67.